The van der Waals surface area contributed by atoms with Gasteiger partial charge in [-0.3, -0.25) is 4.79 Å². The predicted molar refractivity (Wildman–Crippen MR) is 79.5 cm³/mol. The van der Waals surface area contributed by atoms with Crippen LogP contribution in [0.5, 0.6) is 0 Å². The molecule has 1 rings (SSSR count). The molecule has 4 nitrogen and oxygen atoms in total. The van der Waals surface area contributed by atoms with Crippen molar-refractivity contribution in [2.75, 3.05) is 20.3 Å². The number of nitrogens with two attached hydrogens (primary N) is 1. The molecular formula is C13H21ClN2O2S. The number of methoxy groups -OCH3 is 1. The third-order valence-electron chi connectivity index (χ3n) is 2.85. The van der Waals surface area contributed by atoms with E-state index >= 15 is 0 Å². The minimum atomic E-state index is -0.453. The highest BCUT2D eigenvalue weighted by Gasteiger charge is 2.20. The first kappa shape index (κ1) is 16.4. The van der Waals surface area contributed by atoms with E-state index in [0.29, 0.717) is 26.1 Å². The molecule has 2 N–H and O–H groups in total. The minimum Gasteiger partial charge on any atom is -0.385 e. The van der Waals surface area contributed by atoms with Crippen LogP contribution in [0.4, 0.5) is 0 Å². The van der Waals surface area contributed by atoms with E-state index in [-0.39, 0.29) is 5.91 Å². The molecule has 1 atom stereocenters. The first-order valence-electron chi connectivity index (χ1n) is 6.36. The fraction of sp³-hybridized carbons (Fsp3) is 0.615. The number of amides is 1. The number of thiophene rings is 1. The van der Waals surface area contributed by atoms with Crippen molar-refractivity contribution in [3.05, 3.63) is 21.3 Å². The molecule has 0 saturated carbocycles. The standard InChI is InChI=1S/C13H21ClN2O2S/c1-3-16(9-10-6-7-12(14)19-10)13(17)11(15)5-4-8-18-2/h6-7,11H,3-5,8-9,15H2,1-2H3. The smallest absolute Gasteiger partial charge is 0.239 e. The van der Waals surface area contributed by atoms with Crippen LogP contribution >= 0.6 is 22.9 Å². The van der Waals surface area contributed by atoms with Crippen molar-refractivity contribution in [2.24, 2.45) is 5.73 Å². The predicted octanol–water partition coefficient (Wildman–Crippen LogP) is 2.50. The summed E-state index contributed by atoms with van der Waals surface area (Å²) in [6.07, 6.45) is 1.44. The second kappa shape index (κ2) is 8.53. The normalized spacial score (nSPS) is 12.4. The summed E-state index contributed by atoms with van der Waals surface area (Å²) < 4.78 is 5.70. The molecule has 108 valence electrons. The maximum atomic E-state index is 12.2. The molecule has 1 aromatic heterocycles. The third-order valence-corrected chi connectivity index (χ3v) is 4.07. The summed E-state index contributed by atoms with van der Waals surface area (Å²) in [6, 6.07) is 3.34. The Balaban J connectivity index is 2.51. The van der Waals surface area contributed by atoms with Crippen LogP contribution in [0.1, 0.15) is 24.6 Å². The summed E-state index contributed by atoms with van der Waals surface area (Å²) in [5, 5.41) is 0. The summed E-state index contributed by atoms with van der Waals surface area (Å²) in [5.41, 5.74) is 5.92. The average molecular weight is 305 g/mol. The first-order chi connectivity index (χ1) is 9.08. The number of carbonyl (C=O) groups is 1. The van der Waals surface area contributed by atoms with E-state index in [2.05, 4.69) is 0 Å². The van der Waals surface area contributed by atoms with Gasteiger partial charge in [0.15, 0.2) is 0 Å². The van der Waals surface area contributed by atoms with Gasteiger partial charge in [-0.15, -0.1) is 11.3 Å². The van der Waals surface area contributed by atoms with E-state index in [1.165, 1.54) is 11.3 Å². The van der Waals surface area contributed by atoms with Gasteiger partial charge in [-0.25, -0.2) is 0 Å². The molecule has 0 aliphatic rings. The molecule has 0 aliphatic carbocycles. The maximum Gasteiger partial charge on any atom is 0.239 e. The van der Waals surface area contributed by atoms with E-state index in [1.54, 1.807) is 12.0 Å². The third kappa shape index (κ3) is 5.48. The van der Waals surface area contributed by atoms with Crippen molar-refractivity contribution >= 4 is 28.8 Å². The number of carbonyl (C=O) groups excluding carboxylic acids is 1. The number of nitrogens with zero attached hydrogens (tertiary/aromatic N) is 1. The topological polar surface area (TPSA) is 55.6 Å². The lowest BCUT2D eigenvalue weighted by molar-refractivity contribution is -0.133. The molecule has 0 saturated heterocycles. The van der Waals surface area contributed by atoms with E-state index in [0.717, 1.165) is 15.6 Å². The van der Waals surface area contributed by atoms with Gasteiger partial charge in [0, 0.05) is 25.1 Å². The average Bonchev–Trinajstić information content (AvgIpc) is 2.81. The van der Waals surface area contributed by atoms with Gasteiger partial charge in [0.25, 0.3) is 0 Å². The van der Waals surface area contributed by atoms with Crippen molar-refractivity contribution in [1.82, 2.24) is 4.90 Å². The molecule has 0 fully saturated rings. The highest BCUT2D eigenvalue weighted by molar-refractivity contribution is 7.16. The van der Waals surface area contributed by atoms with Crippen LogP contribution < -0.4 is 5.73 Å². The fourth-order valence-corrected chi connectivity index (χ4v) is 2.88. The van der Waals surface area contributed by atoms with E-state index in [1.807, 2.05) is 19.1 Å². The molecule has 0 spiro atoms. The van der Waals surface area contributed by atoms with Gasteiger partial charge in [0.05, 0.1) is 16.9 Å². The number of ether oxygens (including phenoxy) is 1. The molecule has 0 radical (unpaired) electrons. The van der Waals surface area contributed by atoms with Crippen LogP contribution in [0.3, 0.4) is 0 Å². The van der Waals surface area contributed by atoms with E-state index in [4.69, 9.17) is 22.1 Å². The van der Waals surface area contributed by atoms with Crippen molar-refractivity contribution < 1.29 is 9.53 Å². The minimum absolute atomic E-state index is 0.0110. The largest absolute Gasteiger partial charge is 0.385 e. The van der Waals surface area contributed by atoms with Crippen LogP contribution in [0.15, 0.2) is 12.1 Å². The lowest BCUT2D eigenvalue weighted by Gasteiger charge is -2.23. The molecular weight excluding hydrogens is 284 g/mol. The molecule has 0 aliphatic heterocycles. The molecule has 0 aromatic carbocycles. The lowest BCUT2D eigenvalue weighted by Crippen LogP contribution is -2.43. The highest BCUT2D eigenvalue weighted by Crippen LogP contribution is 2.22. The molecule has 1 unspecified atom stereocenters. The number of halogens is 1. The van der Waals surface area contributed by atoms with Gasteiger partial charge in [0.1, 0.15) is 0 Å². The Morgan fingerprint density at radius 2 is 2.32 bits per heavy atom. The Kier molecular flexibility index (Phi) is 7.38. The van der Waals surface area contributed by atoms with Gasteiger partial charge in [0.2, 0.25) is 5.91 Å². The second-order valence-electron chi connectivity index (χ2n) is 4.30. The number of hydrogen-bond donors (Lipinski definition) is 1. The number of hydrogen-bond acceptors (Lipinski definition) is 4. The van der Waals surface area contributed by atoms with Crippen molar-refractivity contribution in [3.63, 3.8) is 0 Å². The van der Waals surface area contributed by atoms with Crippen molar-refractivity contribution in [1.29, 1.82) is 0 Å². The number of rotatable bonds is 8. The quantitative estimate of drug-likeness (QED) is 0.751. The van der Waals surface area contributed by atoms with Gasteiger partial charge in [-0.2, -0.15) is 0 Å². The molecule has 19 heavy (non-hydrogen) atoms. The first-order valence-corrected chi connectivity index (χ1v) is 7.55. The van der Waals surface area contributed by atoms with Crippen LogP contribution in [0, 0.1) is 0 Å². The lowest BCUT2D eigenvalue weighted by atomic mass is 10.1. The Hall–Kier alpha value is -0.620. The Labute approximate surface area is 123 Å². The number of likely N-dealkylation sites (N-methyl/N-ethyl adjacent to an activating group) is 1. The summed E-state index contributed by atoms with van der Waals surface area (Å²) in [4.78, 5) is 15.0. The highest BCUT2D eigenvalue weighted by atomic mass is 35.5. The molecule has 6 heteroatoms. The molecule has 1 aromatic rings. The van der Waals surface area contributed by atoms with Gasteiger partial charge in [-0.1, -0.05) is 11.6 Å². The maximum absolute atomic E-state index is 12.2. The SMILES string of the molecule is CCN(Cc1ccc(Cl)s1)C(=O)C(N)CCCOC. The molecule has 0 bridgehead atoms. The van der Waals surface area contributed by atoms with E-state index in [9.17, 15) is 4.79 Å². The summed E-state index contributed by atoms with van der Waals surface area (Å²) in [5.74, 6) is -0.0110. The monoisotopic (exact) mass is 304 g/mol. The van der Waals surface area contributed by atoms with Gasteiger partial charge >= 0.3 is 0 Å². The van der Waals surface area contributed by atoms with Crippen LogP contribution in [0.25, 0.3) is 0 Å². The summed E-state index contributed by atoms with van der Waals surface area (Å²) in [6.45, 7) is 3.81. The zero-order chi connectivity index (χ0) is 14.3. The Morgan fingerprint density at radius 1 is 1.58 bits per heavy atom. The zero-order valence-electron chi connectivity index (χ0n) is 11.4. The van der Waals surface area contributed by atoms with Gasteiger partial charge < -0.3 is 15.4 Å². The summed E-state index contributed by atoms with van der Waals surface area (Å²) >= 11 is 7.38. The zero-order valence-corrected chi connectivity index (χ0v) is 13.0. The fourth-order valence-electron chi connectivity index (χ4n) is 1.78. The van der Waals surface area contributed by atoms with Crippen LogP contribution in [-0.4, -0.2) is 37.1 Å². The van der Waals surface area contributed by atoms with Gasteiger partial charge in [-0.05, 0) is 31.9 Å². The van der Waals surface area contributed by atoms with Crippen LogP contribution in [0.2, 0.25) is 4.34 Å². The molecule has 1 amide bonds. The Bertz CT molecular complexity index is 398. The Morgan fingerprint density at radius 3 is 2.84 bits per heavy atom. The molecule has 1 heterocycles. The van der Waals surface area contributed by atoms with E-state index < -0.39 is 6.04 Å². The summed E-state index contributed by atoms with van der Waals surface area (Å²) in [7, 11) is 1.65. The van der Waals surface area contributed by atoms with Crippen molar-refractivity contribution in [2.45, 2.75) is 32.4 Å². The second-order valence-corrected chi connectivity index (χ2v) is 6.10. The van der Waals surface area contributed by atoms with Crippen molar-refractivity contribution in [3.8, 4) is 0 Å². The van der Waals surface area contributed by atoms with Crippen LogP contribution in [-0.2, 0) is 16.1 Å².